The third kappa shape index (κ3) is 4.29. The zero-order chi connectivity index (χ0) is 17.5. The van der Waals surface area contributed by atoms with Gasteiger partial charge in [-0.2, -0.15) is 0 Å². The number of phenolic OH excluding ortho intramolecular Hbond substituents is 1. The Balaban J connectivity index is 2.13. The van der Waals surface area contributed by atoms with Crippen LogP contribution in [0.2, 0.25) is 0 Å². The van der Waals surface area contributed by atoms with Crippen molar-refractivity contribution in [1.82, 2.24) is 5.32 Å². The summed E-state index contributed by atoms with van der Waals surface area (Å²) in [5.41, 5.74) is 1.49. The minimum absolute atomic E-state index is 0.0185. The summed E-state index contributed by atoms with van der Waals surface area (Å²) < 4.78 is 15.9. The molecule has 2 aromatic carbocycles. The van der Waals surface area contributed by atoms with E-state index in [9.17, 15) is 5.11 Å². The Hall–Kier alpha value is -2.47. The molecule has 0 saturated heterocycles. The maximum atomic E-state index is 10.3. The highest BCUT2D eigenvalue weighted by Crippen LogP contribution is 2.33. The van der Waals surface area contributed by atoms with Gasteiger partial charge in [0.2, 0.25) is 0 Å². The molecule has 2 rings (SSSR count). The molecule has 0 aromatic heterocycles. The van der Waals surface area contributed by atoms with Gasteiger partial charge in [0.15, 0.2) is 0 Å². The second-order valence-electron chi connectivity index (χ2n) is 4.98. The van der Waals surface area contributed by atoms with Crippen LogP contribution in [0.25, 0.3) is 0 Å². The number of thiocarbonyl (C=S) groups is 1. The average Bonchev–Trinajstić information content (AvgIpc) is 2.59. The van der Waals surface area contributed by atoms with Crippen molar-refractivity contribution in [2.75, 3.05) is 20.8 Å². The van der Waals surface area contributed by atoms with Gasteiger partial charge in [-0.05, 0) is 24.6 Å². The van der Waals surface area contributed by atoms with Crippen molar-refractivity contribution >= 4 is 17.2 Å². The third-order valence-corrected chi connectivity index (χ3v) is 3.77. The molecule has 24 heavy (non-hydrogen) atoms. The van der Waals surface area contributed by atoms with E-state index in [2.05, 4.69) is 5.32 Å². The molecule has 0 aliphatic heterocycles. The first kappa shape index (κ1) is 17.9. The molecule has 128 valence electrons. The van der Waals surface area contributed by atoms with Crippen LogP contribution in [0.1, 0.15) is 18.1 Å². The van der Waals surface area contributed by atoms with E-state index in [-0.39, 0.29) is 5.75 Å². The summed E-state index contributed by atoms with van der Waals surface area (Å²) in [7, 11) is 3.16. The molecule has 2 aromatic rings. The standard InChI is InChI=1S/C18H21NO4S/c1-4-23-14-9-15(20)17(16(10-14)22-3)18(24)19-11-12-5-7-13(21-2)8-6-12/h5-10,20H,4,11H2,1-3H3,(H,19,24). The van der Waals surface area contributed by atoms with E-state index in [1.165, 1.54) is 13.2 Å². The number of hydrogen-bond donors (Lipinski definition) is 2. The first-order valence-corrected chi connectivity index (χ1v) is 7.94. The SMILES string of the molecule is CCOc1cc(O)c(C(=S)NCc2ccc(OC)cc2)c(OC)c1. The minimum atomic E-state index is 0.0185. The normalized spacial score (nSPS) is 10.1. The molecule has 0 saturated carbocycles. The van der Waals surface area contributed by atoms with Crippen LogP contribution in [0.5, 0.6) is 23.0 Å². The lowest BCUT2D eigenvalue weighted by Gasteiger charge is -2.15. The molecule has 0 amide bonds. The molecule has 0 radical (unpaired) electrons. The van der Waals surface area contributed by atoms with E-state index in [1.807, 2.05) is 31.2 Å². The lowest BCUT2D eigenvalue weighted by Crippen LogP contribution is -2.22. The van der Waals surface area contributed by atoms with Crippen LogP contribution in [-0.2, 0) is 6.54 Å². The van der Waals surface area contributed by atoms with E-state index < -0.39 is 0 Å². The molecule has 0 unspecified atom stereocenters. The zero-order valence-corrected chi connectivity index (χ0v) is 14.8. The summed E-state index contributed by atoms with van der Waals surface area (Å²) in [4.78, 5) is 0.406. The topological polar surface area (TPSA) is 60.0 Å². The Morgan fingerprint density at radius 3 is 2.38 bits per heavy atom. The van der Waals surface area contributed by atoms with Crippen molar-refractivity contribution in [3.8, 4) is 23.0 Å². The number of hydrogen-bond acceptors (Lipinski definition) is 5. The first-order chi connectivity index (χ1) is 11.6. The van der Waals surface area contributed by atoms with Crippen LogP contribution < -0.4 is 19.5 Å². The van der Waals surface area contributed by atoms with Crippen molar-refractivity contribution in [1.29, 1.82) is 0 Å². The lowest BCUT2D eigenvalue weighted by molar-refractivity contribution is 0.332. The van der Waals surface area contributed by atoms with Gasteiger partial charge in [-0.15, -0.1) is 0 Å². The highest BCUT2D eigenvalue weighted by atomic mass is 32.1. The second kappa shape index (κ2) is 8.40. The van der Waals surface area contributed by atoms with Crippen molar-refractivity contribution in [3.05, 3.63) is 47.5 Å². The van der Waals surface area contributed by atoms with Crippen LogP contribution in [0.4, 0.5) is 0 Å². The average molecular weight is 347 g/mol. The Morgan fingerprint density at radius 1 is 1.08 bits per heavy atom. The lowest BCUT2D eigenvalue weighted by atomic mass is 10.1. The molecule has 0 spiro atoms. The molecule has 0 fully saturated rings. The molecule has 0 aliphatic carbocycles. The van der Waals surface area contributed by atoms with E-state index in [1.54, 1.807) is 13.2 Å². The fraction of sp³-hybridized carbons (Fsp3) is 0.278. The van der Waals surface area contributed by atoms with Gasteiger partial charge >= 0.3 is 0 Å². The van der Waals surface area contributed by atoms with Gasteiger partial charge in [0.05, 0.1) is 26.4 Å². The molecule has 0 atom stereocenters. The third-order valence-electron chi connectivity index (χ3n) is 3.42. The smallest absolute Gasteiger partial charge is 0.136 e. The maximum Gasteiger partial charge on any atom is 0.136 e. The fourth-order valence-corrected chi connectivity index (χ4v) is 2.51. The van der Waals surface area contributed by atoms with E-state index >= 15 is 0 Å². The summed E-state index contributed by atoms with van der Waals surface area (Å²) in [5.74, 6) is 1.82. The van der Waals surface area contributed by atoms with Gasteiger partial charge in [0.25, 0.3) is 0 Å². The molecule has 0 heterocycles. The quantitative estimate of drug-likeness (QED) is 0.750. The van der Waals surface area contributed by atoms with Crippen molar-refractivity contribution in [2.24, 2.45) is 0 Å². The summed E-state index contributed by atoms with van der Waals surface area (Å²) in [6, 6.07) is 10.9. The molecule has 2 N–H and O–H groups in total. The van der Waals surface area contributed by atoms with Crippen LogP contribution >= 0.6 is 12.2 Å². The van der Waals surface area contributed by atoms with Crippen LogP contribution in [0.3, 0.4) is 0 Å². The van der Waals surface area contributed by atoms with Crippen molar-refractivity contribution < 1.29 is 19.3 Å². The number of ether oxygens (including phenoxy) is 3. The molecular formula is C18H21NO4S. The van der Waals surface area contributed by atoms with E-state index in [0.717, 1.165) is 11.3 Å². The van der Waals surface area contributed by atoms with Gasteiger partial charge in [-0.25, -0.2) is 0 Å². The Labute approximate surface area is 147 Å². The molecule has 6 heteroatoms. The predicted molar refractivity (Wildman–Crippen MR) is 97.4 cm³/mol. The van der Waals surface area contributed by atoms with Gasteiger partial charge in [0.1, 0.15) is 28.0 Å². The number of nitrogens with one attached hydrogen (secondary N) is 1. The number of benzene rings is 2. The number of rotatable bonds is 7. The van der Waals surface area contributed by atoms with Gasteiger partial charge in [-0.3, -0.25) is 0 Å². The highest BCUT2D eigenvalue weighted by molar-refractivity contribution is 7.80. The number of aromatic hydroxyl groups is 1. The van der Waals surface area contributed by atoms with Crippen molar-refractivity contribution in [3.63, 3.8) is 0 Å². The molecular weight excluding hydrogens is 326 g/mol. The summed E-state index contributed by atoms with van der Waals surface area (Å²) in [5, 5.41) is 13.4. The zero-order valence-electron chi connectivity index (χ0n) is 14.0. The van der Waals surface area contributed by atoms with Crippen LogP contribution in [0, 0.1) is 0 Å². The van der Waals surface area contributed by atoms with E-state index in [4.69, 9.17) is 26.4 Å². The summed E-state index contributed by atoms with van der Waals surface area (Å²) >= 11 is 5.40. The number of methoxy groups -OCH3 is 2. The van der Waals surface area contributed by atoms with Crippen LogP contribution in [0.15, 0.2) is 36.4 Å². The Morgan fingerprint density at radius 2 is 1.79 bits per heavy atom. The predicted octanol–water partition coefficient (Wildman–Crippen LogP) is 3.27. The Bertz CT molecular complexity index is 701. The fourth-order valence-electron chi connectivity index (χ4n) is 2.23. The summed E-state index contributed by atoms with van der Waals surface area (Å²) in [6.07, 6.45) is 0. The van der Waals surface area contributed by atoms with Crippen LogP contribution in [-0.4, -0.2) is 30.9 Å². The minimum Gasteiger partial charge on any atom is -0.507 e. The number of phenols is 1. The highest BCUT2D eigenvalue weighted by Gasteiger charge is 2.16. The van der Waals surface area contributed by atoms with E-state index in [0.29, 0.717) is 35.2 Å². The Kier molecular flexibility index (Phi) is 6.26. The van der Waals surface area contributed by atoms with Gasteiger partial charge < -0.3 is 24.6 Å². The molecule has 5 nitrogen and oxygen atoms in total. The second-order valence-corrected chi connectivity index (χ2v) is 5.39. The van der Waals surface area contributed by atoms with Crippen molar-refractivity contribution in [2.45, 2.75) is 13.5 Å². The van der Waals surface area contributed by atoms with Gasteiger partial charge in [-0.1, -0.05) is 24.4 Å². The maximum absolute atomic E-state index is 10.3. The monoisotopic (exact) mass is 347 g/mol. The molecule has 0 bridgehead atoms. The molecule has 0 aliphatic rings. The summed E-state index contributed by atoms with van der Waals surface area (Å²) in [6.45, 7) is 2.90. The largest absolute Gasteiger partial charge is 0.507 e. The van der Waals surface area contributed by atoms with Gasteiger partial charge in [0, 0.05) is 18.7 Å². The first-order valence-electron chi connectivity index (χ1n) is 7.54.